The fourth-order valence-corrected chi connectivity index (χ4v) is 3.84. The molecule has 0 aliphatic heterocycles. The highest BCUT2D eigenvalue weighted by Gasteiger charge is 2.18. The summed E-state index contributed by atoms with van der Waals surface area (Å²) >= 11 is 0. The zero-order valence-electron chi connectivity index (χ0n) is 17.5. The Kier molecular flexibility index (Phi) is 6.81. The molecule has 0 radical (unpaired) electrons. The summed E-state index contributed by atoms with van der Waals surface area (Å²) in [6, 6.07) is 20.0. The standard InChI is InChI=1S/C23H24N2O5S/c1-16-7-4-5-10-22(16)30-17(2)23(26)24-18-11-13-21(14-12-18)31(27,28)25-19-8-6-9-20(15-19)29-3/h4-15,17,25H,1-3H3,(H,24,26)/t17-/m0/s1. The van der Waals surface area contributed by atoms with Gasteiger partial charge in [-0.2, -0.15) is 0 Å². The van der Waals surface area contributed by atoms with Gasteiger partial charge in [0.2, 0.25) is 0 Å². The number of amides is 1. The number of benzene rings is 3. The van der Waals surface area contributed by atoms with E-state index in [4.69, 9.17) is 9.47 Å². The van der Waals surface area contributed by atoms with Crippen LogP contribution in [0.2, 0.25) is 0 Å². The van der Waals surface area contributed by atoms with Crippen LogP contribution in [-0.4, -0.2) is 27.5 Å². The van der Waals surface area contributed by atoms with E-state index in [-0.39, 0.29) is 10.8 Å². The Morgan fingerprint density at radius 3 is 2.32 bits per heavy atom. The number of nitrogens with one attached hydrogen (secondary N) is 2. The van der Waals surface area contributed by atoms with Crippen molar-refractivity contribution in [2.45, 2.75) is 24.8 Å². The van der Waals surface area contributed by atoms with E-state index < -0.39 is 16.1 Å². The maximum Gasteiger partial charge on any atom is 0.265 e. The molecule has 3 rings (SSSR count). The number of sulfonamides is 1. The van der Waals surface area contributed by atoms with E-state index in [0.717, 1.165) is 5.56 Å². The van der Waals surface area contributed by atoms with E-state index in [1.54, 1.807) is 37.3 Å². The van der Waals surface area contributed by atoms with E-state index >= 15 is 0 Å². The minimum Gasteiger partial charge on any atom is -0.497 e. The summed E-state index contributed by atoms with van der Waals surface area (Å²) in [5, 5.41) is 2.73. The molecule has 0 aliphatic carbocycles. The third kappa shape index (κ3) is 5.76. The van der Waals surface area contributed by atoms with Crippen LogP contribution in [0, 0.1) is 6.92 Å². The van der Waals surface area contributed by atoms with E-state index in [1.807, 2.05) is 25.1 Å². The van der Waals surface area contributed by atoms with Crippen molar-refractivity contribution >= 4 is 27.3 Å². The number of aryl methyl sites for hydroxylation is 1. The van der Waals surface area contributed by atoms with Crippen LogP contribution in [0.4, 0.5) is 11.4 Å². The highest BCUT2D eigenvalue weighted by molar-refractivity contribution is 7.92. The first-order chi connectivity index (χ1) is 14.8. The van der Waals surface area contributed by atoms with Gasteiger partial charge < -0.3 is 14.8 Å². The lowest BCUT2D eigenvalue weighted by molar-refractivity contribution is -0.122. The summed E-state index contributed by atoms with van der Waals surface area (Å²) in [6.07, 6.45) is -0.723. The van der Waals surface area contributed by atoms with E-state index in [1.165, 1.54) is 31.4 Å². The largest absolute Gasteiger partial charge is 0.497 e. The number of para-hydroxylation sites is 1. The number of ether oxygens (including phenoxy) is 2. The lowest BCUT2D eigenvalue weighted by Crippen LogP contribution is -2.30. The Hall–Kier alpha value is -3.52. The molecule has 0 heterocycles. The number of carbonyl (C=O) groups excluding carboxylic acids is 1. The zero-order chi connectivity index (χ0) is 22.4. The number of hydrogen-bond acceptors (Lipinski definition) is 5. The van der Waals surface area contributed by atoms with Gasteiger partial charge in [-0.3, -0.25) is 9.52 Å². The first-order valence-electron chi connectivity index (χ1n) is 9.58. The van der Waals surface area contributed by atoms with E-state index in [2.05, 4.69) is 10.0 Å². The highest BCUT2D eigenvalue weighted by Crippen LogP contribution is 2.22. The van der Waals surface area contributed by atoms with Crippen molar-refractivity contribution < 1.29 is 22.7 Å². The second-order valence-electron chi connectivity index (χ2n) is 6.88. The maximum atomic E-state index is 12.6. The molecule has 3 aromatic rings. The Balaban J connectivity index is 1.65. The number of hydrogen-bond donors (Lipinski definition) is 2. The molecule has 2 N–H and O–H groups in total. The topological polar surface area (TPSA) is 93.7 Å². The lowest BCUT2D eigenvalue weighted by atomic mass is 10.2. The maximum absolute atomic E-state index is 12.6. The predicted octanol–water partition coefficient (Wildman–Crippen LogP) is 4.21. The first kappa shape index (κ1) is 22.2. The molecule has 7 nitrogen and oxygen atoms in total. The van der Waals surface area contributed by atoms with Gasteiger partial charge in [-0.1, -0.05) is 24.3 Å². The predicted molar refractivity (Wildman–Crippen MR) is 120 cm³/mol. The monoisotopic (exact) mass is 440 g/mol. The molecule has 0 aliphatic rings. The molecule has 0 fully saturated rings. The first-order valence-corrected chi connectivity index (χ1v) is 11.1. The molecule has 0 spiro atoms. The number of methoxy groups -OCH3 is 1. The van der Waals surface area contributed by atoms with Gasteiger partial charge in [0.1, 0.15) is 11.5 Å². The van der Waals surface area contributed by atoms with Gasteiger partial charge in [0.15, 0.2) is 6.10 Å². The molecule has 0 saturated carbocycles. The van der Waals surface area contributed by atoms with Gasteiger partial charge in [0.25, 0.3) is 15.9 Å². The van der Waals surface area contributed by atoms with Crippen LogP contribution >= 0.6 is 0 Å². The summed E-state index contributed by atoms with van der Waals surface area (Å²) in [6.45, 7) is 3.55. The Bertz CT molecular complexity index is 1160. The van der Waals surface area contributed by atoms with Crippen molar-refractivity contribution in [3.8, 4) is 11.5 Å². The molecule has 0 aromatic heterocycles. The fraction of sp³-hybridized carbons (Fsp3) is 0.174. The van der Waals surface area contributed by atoms with Crippen LogP contribution in [0.1, 0.15) is 12.5 Å². The molecule has 8 heteroatoms. The van der Waals surface area contributed by atoms with Crippen molar-refractivity contribution in [2.75, 3.05) is 17.1 Å². The van der Waals surface area contributed by atoms with Crippen LogP contribution in [0.25, 0.3) is 0 Å². The van der Waals surface area contributed by atoms with E-state index in [0.29, 0.717) is 22.9 Å². The van der Waals surface area contributed by atoms with Crippen molar-refractivity contribution in [1.82, 2.24) is 0 Å². The summed E-state index contributed by atoms with van der Waals surface area (Å²) < 4.78 is 38.6. The molecule has 31 heavy (non-hydrogen) atoms. The average molecular weight is 441 g/mol. The van der Waals surface area contributed by atoms with Crippen LogP contribution in [0.5, 0.6) is 11.5 Å². The van der Waals surface area contributed by atoms with Crippen LogP contribution in [0.3, 0.4) is 0 Å². The van der Waals surface area contributed by atoms with Gasteiger partial charge >= 0.3 is 0 Å². The van der Waals surface area contributed by atoms with Gasteiger partial charge in [0, 0.05) is 11.8 Å². The summed E-state index contributed by atoms with van der Waals surface area (Å²) in [5.41, 5.74) is 1.78. The molecule has 3 aromatic carbocycles. The third-order valence-corrected chi connectivity index (χ3v) is 5.92. The number of rotatable bonds is 8. The van der Waals surface area contributed by atoms with Crippen LogP contribution in [0.15, 0.2) is 77.7 Å². The lowest BCUT2D eigenvalue weighted by Gasteiger charge is -2.16. The van der Waals surface area contributed by atoms with Gasteiger partial charge in [-0.05, 0) is 61.9 Å². The molecule has 1 atom stereocenters. The van der Waals surface area contributed by atoms with Crippen molar-refractivity contribution in [3.63, 3.8) is 0 Å². The van der Waals surface area contributed by atoms with Gasteiger partial charge in [-0.15, -0.1) is 0 Å². The van der Waals surface area contributed by atoms with Crippen LogP contribution < -0.4 is 19.5 Å². The number of carbonyl (C=O) groups is 1. The van der Waals surface area contributed by atoms with Crippen molar-refractivity contribution in [2.24, 2.45) is 0 Å². The third-order valence-electron chi connectivity index (χ3n) is 4.52. The smallest absolute Gasteiger partial charge is 0.265 e. The molecule has 1 amide bonds. The van der Waals surface area contributed by atoms with Crippen LogP contribution in [-0.2, 0) is 14.8 Å². The Morgan fingerprint density at radius 2 is 1.65 bits per heavy atom. The van der Waals surface area contributed by atoms with E-state index in [9.17, 15) is 13.2 Å². The van der Waals surface area contributed by atoms with Gasteiger partial charge in [0.05, 0.1) is 17.7 Å². The highest BCUT2D eigenvalue weighted by atomic mass is 32.2. The van der Waals surface area contributed by atoms with Crippen molar-refractivity contribution in [3.05, 3.63) is 78.4 Å². The molecule has 0 unspecified atom stereocenters. The molecule has 0 bridgehead atoms. The SMILES string of the molecule is COc1cccc(NS(=O)(=O)c2ccc(NC(=O)[C@H](C)Oc3ccccc3C)cc2)c1. The molecular weight excluding hydrogens is 416 g/mol. The number of anilines is 2. The molecule has 162 valence electrons. The fourth-order valence-electron chi connectivity index (χ4n) is 2.79. The second kappa shape index (κ2) is 9.53. The second-order valence-corrected chi connectivity index (χ2v) is 8.56. The molecular formula is C23H24N2O5S. The normalized spacial score (nSPS) is 12.0. The minimum atomic E-state index is -3.79. The summed E-state index contributed by atoms with van der Waals surface area (Å²) in [4.78, 5) is 12.5. The van der Waals surface area contributed by atoms with Crippen molar-refractivity contribution in [1.29, 1.82) is 0 Å². The summed E-state index contributed by atoms with van der Waals surface area (Å²) in [5.74, 6) is 0.837. The average Bonchev–Trinajstić information content (AvgIpc) is 2.75. The quantitative estimate of drug-likeness (QED) is 0.547. The summed E-state index contributed by atoms with van der Waals surface area (Å²) in [7, 11) is -2.28. The molecule has 0 saturated heterocycles. The Labute approximate surface area is 182 Å². The minimum absolute atomic E-state index is 0.0672. The zero-order valence-corrected chi connectivity index (χ0v) is 18.3. The Morgan fingerprint density at radius 1 is 0.935 bits per heavy atom. The van der Waals surface area contributed by atoms with Gasteiger partial charge in [-0.25, -0.2) is 8.42 Å².